The molecule has 3 rings (SSSR count). The number of nitrogens with zero attached hydrogens (tertiary/aromatic N) is 4. The third-order valence-electron chi connectivity index (χ3n) is 3.45. The standard InChI is InChI=1S/C17H19N5/c1-12-9-17(20-14(3)19-12)18-10-15-11-22(21-13(15)2)16-7-5-4-6-8-16/h4-9,11H,10H2,1-3H3,(H,18,19,20). The van der Waals surface area contributed by atoms with Gasteiger partial charge in [-0.3, -0.25) is 0 Å². The van der Waals surface area contributed by atoms with Gasteiger partial charge in [0.25, 0.3) is 0 Å². The van der Waals surface area contributed by atoms with Crippen molar-refractivity contribution in [1.29, 1.82) is 0 Å². The maximum absolute atomic E-state index is 4.57. The van der Waals surface area contributed by atoms with Crippen molar-refractivity contribution in [2.75, 3.05) is 5.32 Å². The van der Waals surface area contributed by atoms with E-state index in [4.69, 9.17) is 0 Å². The summed E-state index contributed by atoms with van der Waals surface area (Å²) in [6, 6.07) is 12.1. The van der Waals surface area contributed by atoms with E-state index in [1.807, 2.05) is 61.9 Å². The normalized spacial score (nSPS) is 10.7. The topological polar surface area (TPSA) is 55.6 Å². The molecule has 0 radical (unpaired) electrons. The van der Waals surface area contributed by atoms with E-state index >= 15 is 0 Å². The van der Waals surface area contributed by atoms with Crippen molar-refractivity contribution in [3.05, 3.63) is 65.4 Å². The van der Waals surface area contributed by atoms with Gasteiger partial charge in [-0.2, -0.15) is 5.10 Å². The molecule has 0 atom stereocenters. The lowest BCUT2D eigenvalue weighted by Crippen LogP contribution is -2.04. The Bertz CT molecular complexity index is 757. The van der Waals surface area contributed by atoms with Gasteiger partial charge in [-0.25, -0.2) is 14.6 Å². The van der Waals surface area contributed by atoms with Crippen molar-refractivity contribution in [2.45, 2.75) is 27.3 Å². The Hall–Kier alpha value is -2.69. The molecule has 0 aliphatic carbocycles. The second kappa shape index (κ2) is 5.97. The summed E-state index contributed by atoms with van der Waals surface area (Å²) in [5.41, 5.74) is 4.19. The van der Waals surface area contributed by atoms with E-state index in [9.17, 15) is 0 Å². The molecule has 0 aliphatic rings. The summed E-state index contributed by atoms with van der Waals surface area (Å²) in [5.74, 6) is 1.62. The van der Waals surface area contributed by atoms with Crippen LogP contribution in [0, 0.1) is 20.8 Å². The van der Waals surface area contributed by atoms with Gasteiger partial charge >= 0.3 is 0 Å². The second-order valence-corrected chi connectivity index (χ2v) is 5.32. The maximum Gasteiger partial charge on any atom is 0.130 e. The fourth-order valence-electron chi connectivity index (χ4n) is 2.38. The van der Waals surface area contributed by atoms with E-state index in [2.05, 4.69) is 26.6 Å². The summed E-state index contributed by atoms with van der Waals surface area (Å²) >= 11 is 0. The van der Waals surface area contributed by atoms with Crippen LogP contribution in [0.2, 0.25) is 0 Å². The fourth-order valence-corrected chi connectivity index (χ4v) is 2.38. The number of anilines is 1. The van der Waals surface area contributed by atoms with Crippen molar-refractivity contribution in [2.24, 2.45) is 0 Å². The van der Waals surface area contributed by atoms with Crippen LogP contribution >= 0.6 is 0 Å². The Labute approximate surface area is 130 Å². The average molecular weight is 293 g/mol. The third-order valence-corrected chi connectivity index (χ3v) is 3.45. The van der Waals surface area contributed by atoms with Gasteiger partial charge in [-0.15, -0.1) is 0 Å². The van der Waals surface area contributed by atoms with Crippen molar-refractivity contribution < 1.29 is 0 Å². The number of aromatic nitrogens is 4. The predicted molar refractivity (Wildman–Crippen MR) is 87.1 cm³/mol. The number of hydrogen-bond donors (Lipinski definition) is 1. The smallest absolute Gasteiger partial charge is 0.130 e. The Morgan fingerprint density at radius 1 is 1.05 bits per heavy atom. The van der Waals surface area contributed by atoms with Gasteiger partial charge in [0.15, 0.2) is 0 Å². The SMILES string of the molecule is Cc1cc(NCc2cn(-c3ccccc3)nc2C)nc(C)n1. The number of rotatable bonds is 4. The zero-order valence-corrected chi connectivity index (χ0v) is 13.0. The Morgan fingerprint density at radius 3 is 2.55 bits per heavy atom. The highest BCUT2D eigenvalue weighted by Gasteiger charge is 2.07. The molecule has 0 fully saturated rings. The average Bonchev–Trinajstić information content (AvgIpc) is 2.86. The molecule has 3 aromatic rings. The van der Waals surface area contributed by atoms with Gasteiger partial charge in [0.1, 0.15) is 11.6 Å². The lowest BCUT2D eigenvalue weighted by Gasteiger charge is -2.06. The number of benzene rings is 1. The van der Waals surface area contributed by atoms with Gasteiger partial charge in [0.05, 0.1) is 11.4 Å². The first-order chi connectivity index (χ1) is 10.6. The Morgan fingerprint density at radius 2 is 1.82 bits per heavy atom. The van der Waals surface area contributed by atoms with E-state index in [-0.39, 0.29) is 0 Å². The van der Waals surface area contributed by atoms with Crippen LogP contribution < -0.4 is 5.32 Å². The molecule has 0 aliphatic heterocycles. The van der Waals surface area contributed by atoms with Gasteiger partial charge < -0.3 is 5.32 Å². The Balaban J connectivity index is 1.77. The first-order valence-electron chi connectivity index (χ1n) is 7.28. The molecular formula is C17H19N5. The minimum absolute atomic E-state index is 0.689. The van der Waals surface area contributed by atoms with E-state index in [0.29, 0.717) is 6.54 Å². The minimum atomic E-state index is 0.689. The molecule has 1 aromatic carbocycles. The summed E-state index contributed by atoms with van der Waals surface area (Å²) in [4.78, 5) is 8.68. The zero-order valence-electron chi connectivity index (χ0n) is 13.0. The van der Waals surface area contributed by atoms with Crippen LogP contribution in [0.5, 0.6) is 0 Å². The summed E-state index contributed by atoms with van der Waals surface area (Å²) in [5, 5.41) is 7.92. The minimum Gasteiger partial charge on any atom is -0.366 e. The summed E-state index contributed by atoms with van der Waals surface area (Å²) in [6.45, 7) is 6.58. The molecule has 0 saturated carbocycles. The zero-order chi connectivity index (χ0) is 15.5. The highest BCUT2D eigenvalue weighted by atomic mass is 15.3. The molecule has 5 heteroatoms. The second-order valence-electron chi connectivity index (χ2n) is 5.32. The van der Waals surface area contributed by atoms with Crippen LogP contribution in [0.4, 0.5) is 5.82 Å². The molecule has 0 unspecified atom stereocenters. The van der Waals surface area contributed by atoms with Gasteiger partial charge in [-0.05, 0) is 32.9 Å². The molecule has 5 nitrogen and oxygen atoms in total. The number of nitrogens with one attached hydrogen (secondary N) is 1. The fraction of sp³-hybridized carbons (Fsp3) is 0.235. The van der Waals surface area contributed by atoms with Crippen LogP contribution in [-0.4, -0.2) is 19.7 Å². The van der Waals surface area contributed by atoms with E-state index < -0.39 is 0 Å². The predicted octanol–water partition coefficient (Wildman–Crippen LogP) is 3.20. The number of para-hydroxylation sites is 1. The molecule has 0 amide bonds. The van der Waals surface area contributed by atoms with Gasteiger partial charge in [0.2, 0.25) is 0 Å². The van der Waals surface area contributed by atoms with Crippen LogP contribution in [0.1, 0.15) is 22.8 Å². The molecule has 2 aromatic heterocycles. The summed E-state index contributed by atoms with van der Waals surface area (Å²) in [7, 11) is 0. The van der Waals surface area contributed by atoms with Crippen molar-refractivity contribution in [3.8, 4) is 5.69 Å². The molecule has 0 bridgehead atoms. The van der Waals surface area contributed by atoms with Crippen LogP contribution in [-0.2, 0) is 6.54 Å². The highest BCUT2D eigenvalue weighted by Crippen LogP contribution is 2.14. The molecule has 1 N–H and O–H groups in total. The molecular weight excluding hydrogens is 274 g/mol. The lowest BCUT2D eigenvalue weighted by atomic mass is 10.2. The maximum atomic E-state index is 4.57. The van der Waals surface area contributed by atoms with E-state index in [0.717, 1.165) is 34.3 Å². The number of aryl methyl sites for hydroxylation is 3. The molecule has 0 saturated heterocycles. The van der Waals surface area contributed by atoms with Crippen molar-refractivity contribution >= 4 is 5.82 Å². The lowest BCUT2D eigenvalue weighted by molar-refractivity contribution is 0.863. The largest absolute Gasteiger partial charge is 0.366 e. The van der Waals surface area contributed by atoms with Crippen molar-refractivity contribution in [1.82, 2.24) is 19.7 Å². The highest BCUT2D eigenvalue weighted by molar-refractivity contribution is 5.38. The van der Waals surface area contributed by atoms with Gasteiger partial charge in [0, 0.05) is 30.1 Å². The van der Waals surface area contributed by atoms with Crippen LogP contribution in [0.3, 0.4) is 0 Å². The van der Waals surface area contributed by atoms with E-state index in [1.54, 1.807) is 0 Å². The Kier molecular flexibility index (Phi) is 3.87. The molecule has 112 valence electrons. The summed E-state index contributed by atoms with van der Waals surface area (Å²) < 4.78 is 1.91. The monoisotopic (exact) mass is 293 g/mol. The van der Waals surface area contributed by atoms with Crippen molar-refractivity contribution in [3.63, 3.8) is 0 Å². The number of hydrogen-bond acceptors (Lipinski definition) is 4. The first-order valence-corrected chi connectivity index (χ1v) is 7.28. The first kappa shape index (κ1) is 14.3. The van der Waals surface area contributed by atoms with Crippen LogP contribution in [0.25, 0.3) is 5.69 Å². The molecule has 2 heterocycles. The molecule has 22 heavy (non-hydrogen) atoms. The van der Waals surface area contributed by atoms with E-state index in [1.165, 1.54) is 0 Å². The van der Waals surface area contributed by atoms with Crippen LogP contribution in [0.15, 0.2) is 42.6 Å². The van der Waals surface area contributed by atoms with Gasteiger partial charge in [-0.1, -0.05) is 18.2 Å². The third kappa shape index (κ3) is 3.14. The molecule has 0 spiro atoms. The summed E-state index contributed by atoms with van der Waals surface area (Å²) in [6.07, 6.45) is 2.05. The quantitative estimate of drug-likeness (QED) is 0.802.